The minimum atomic E-state index is -1.17. The van der Waals surface area contributed by atoms with Gasteiger partial charge in [-0.3, -0.25) is 19.3 Å². The van der Waals surface area contributed by atoms with Crippen LogP contribution in [0.1, 0.15) is 34.8 Å². The minimum Gasteiger partial charge on any atom is -0.496 e. The molecule has 2 aromatic rings. The fourth-order valence-electron chi connectivity index (χ4n) is 4.03. The molecule has 0 unspecified atom stereocenters. The van der Waals surface area contributed by atoms with Crippen molar-refractivity contribution in [1.29, 1.82) is 0 Å². The Labute approximate surface area is 179 Å². The van der Waals surface area contributed by atoms with E-state index in [2.05, 4.69) is 10.6 Å². The lowest BCUT2D eigenvalue weighted by atomic mass is 9.92. The number of para-hydroxylation sites is 1. The quantitative estimate of drug-likeness (QED) is 0.550. The zero-order valence-electron chi connectivity index (χ0n) is 17.4. The highest BCUT2D eigenvalue weighted by molar-refractivity contribution is 6.11. The molecule has 160 valence electrons. The Morgan fingerprint density at radius 3 is 2.68 bits per heavy atom. The van der Waals surface area contributed by atoms with E-state index in [1.807, 2.05) is 18.2 Å². The number of nitrogens with zero attached hydrogens (tertiary/aromatic N) is 1. The zero-order valence-corrected chi connectivity index (χ0v) is 17.4. The Kier molecular flexibility index (Phi) is 5.22. The van der Waals surface area contributed by atoms with Crippen LogP contribution in [0.3, 0.4) is 0 Å². The van der Waals surface area contributed by atoms with Crippen molar-refractivity contribution in [3.8, 4) is 5.75 Å². The highest BCUT2D eigenvalue weighted by Gasteiger charge is 2.48. The lowest BCUT2D eigenvalue weighted by Crippen LogP contribution is -2.46. The van der Waals surface area contributed by atoms with Gasteiger partial charge in [0.2, 0.25) is 5.91 Å². The van der Waals surface area contributed by atoms with Gasteiger partial charge in [0.1, 0.15) is 11.3 Å². The summed E-state index contributed by atoms with van der Waals surface area (Å²) in [5.74, 6) is -0.228. The van der Waals surface area contributed by atoms with Gasteiger partial charge in [-0.1, -0.05) is 18.2 Å². The minimum absolute atomic E-state index is 0.0553. The van der Waals surface area contributed by atoms with Crippen molar-refractivity contribution in [2.45, 2.75) is 31.7 Å². The van der Waals surface area contributed by atoms with Crippen molar-refractivity contribution in [2.75, 3.05) is 19.0 Å². The van der Waals surface area contributed by atoms with Crippen LogP contribution in [-0.4, -0.2) is 47.7 Å². The van der Waals surface area contributed by atoms with E-state index in [0.29, 0.717) is 29.8 Å². The number of ether oxygens (including phenoxy) is 1. The number of benzene rings is 2. The summed E-state index contributed by atoms with van der Waals surface area (Å²) in [4.78, 5) is 50.9. The third-order valence-electron chi connectivity index (χ3n) is 5.71. The van der Waals surface area contributed by atoms with E-state index in [1.54, 1.807) is 38.3 Å². The predicted molar refractivity (Wildman–Crippen MR) is 113 cm³/mol. The average Bonchev–Trinajstić information content (AvgIpc) is 2.96. The molecule has 8 heteroatoms. The summed E-state index contributed by atoms with van der Waals surface area (Å²) in [5.41, 5.74) is 1.56. The first-order valence-electron chi connectivity index (χ1n) is 10.0. The molecule has 31 heavy (non-hydrogen) atoms. The third kappa shape index (κ3) is 3.88. The number of aryl methyl sites for hydroxylation is 1. The SMILES string of the molecule is COc1ccccc1C[C@@]1(C)NC(=O)N(CC(=O)c2ccc3c(c2)CCC(=O)N3)C1=O. The predicted octanol–water partition coefficient (Wildman–Crippen LogP) is 2.32. The van der Waals surface area contributed by atoms with E-state index in [1.165, 1.54) is 0 Å². The smallest absolute Gasteiger partial charge is 0.325 e. The summed E-state index contributed by atoms with van der Waals surface area (Å²) in [5, 5.41) is 5.49. The molecule has 2 aromatic carbocycles. The number of hydrogen-bond acceptors (Lipinski definition) is 5. The molecule has 0 bridgehead atoms. The van der Waals surface area contributed by atoms with Crippen LogP contribution in [0.4, 0.5) is 10.5 Å². The van der Waals surface area contributed by atoms with Crippen LogP contribution in [-0.2, 0) is 22.4 Å². The first-order chi connectivity index (χ1) is 14.8. The Morgan fingerprint density at radius 1 is 1.13 bits per heavy atom. The molecule has 1 atom stereocenters. The molecule has 0 radical (unpaired) electrons. The molecule has 0 aromatic heterocycles. The normalized spacial score (nSPS) is 20.2. The number of Topliss-reactive ketones (excluding diaryl/α,β-unsaturated/α-hetero) is 1. The lowest BCUT2D eigenvalue weighted by Gasteiger charge is -2.23. The Morgan fingerprint density at radius 2 is 1.90 bits per heavy atom. The van der Waals surface area contributed by atoms with E-state index < -0.39 is 17.5 Å². The van der Waals surface area contributed by atoms with Crippen LogP contribution in [0, 0.1) is 0 Å². The fourth-order valence-corrected chi connectivity index (χ4v) is 4.03. The summed E-state index contributed by atoms with van der Waals surface area (Å²) in [6.45, 7) is 1.29. The lowest BCUT2D eigenvalue weighted by molar-refractivity contribution is -0.130. The largest absolute Gasteiger partial charge is 0.496 e. The first kappa shape index (κ1) is 20.6. The second-order valence-electron chi connectivity index (χ2n) is 7.99. The molecule has 8 nitrogen and oxygen atoms in total. The summed E-state index contributed by atoms with van der Waals surface area (Å²) >= 11 is 0. The summed E-state index contributed by atoms with van der Waals surface area (Å²) in [6.07, 6.45) is 1.15. The standard InChI is InChI=1S/C23H23N3O5/c1-23(12-16-5-3-4-6-19(16)31-2)21(29)26(22(30)25-23)13-18(27)15-7-9-17-14(11-15)8-10-20(28)24-17/h3-7,9,11H,8,10,12-13H2,1-2H3,(H,24,28)(H,25,30)/t23-/m1/s1. The third-order valence-corrected chi connectivity index (χ3v) is 5.71. The molecule has 0 saturated carbocycles. The Bertz CT molecular complexity index is 1100. The van der Waals surface area contributed by atoms with Gasteiger partial charge in [-0.15, -0.1) is 0 Å². The molecule has 2 aliphatic rings. The molecular formula is C23H23N3O5. The van der Waals surface area contributed by atoms with Gasteiger partial charge in [0.25, 0.3) is 5.91 Å². The van der Waals surface area contributed by atoms with Crippen LogP contribution in [0.15, 0.2) is 42.5 Å². The molecule has 4 rings (SSSR count). The monoisotopic (exact) mass is 421 g/mol. The van der Waals surface area contributed by atoms with Crippen molar-refractivity contribution >= 4 is 29.3 Å². The summed E-state index contributed by atoms with van der Waals surface area (Å²) in [6, 6.07) is 11.7. The Hall–Kier alpha value is -3.68. The average molecular weight is 421 g/mol. The van der Waals surface area contributed by atoms with E-state index in [0.717, 1.165) is 16.0 Å². The van der Waals surface area contributed by atoms with E-state index in [-0.39, 0.29) is 24.7 Å². The number of amides is 4. The zero-order chi connectivity index (χ0) is 22.2. The van der Waals surface area contributed by atoms with Gasteiger partial charge < -0.3 is 15.4 Å². The van der Waals surface area contributed by atoms with Crippen molar-refractivity contribution in [1.82, 2.24) is 10.2 Å². The number of hydrogen-bond donors (Lipinski definition) is 2. The van der Waals surface area contributed by atoms with Gasteiger partial charge in [-0.25, -0.2) is 4.79 Å². The fraction of sp³-hybridized carbons (Fsp3) is 0.304. The number of ketones is 1. The van der Waals surface area contributed by atoms with Gasteiger partial charge in [-0.05, 0) is 48.7 Å². The number of imide groups is 1. The maximum Gasteiger partial charge on any atom is 0.325 e. The Balaban J connectivity index is 1.50. The van der Waals surface area contributed by atoms with Crippen LogP contribution in [0.25, 0.3) is 0 Å². The van der Waals surface area contributed by atoms with Crippen molar-refractivity contribution < 1.29 is 23.9 Å². The second-order valence-corrected chi connectivity index (χ2v) is 7.99. The maximum absolute atomic E-state index is 13.1. The second kappa shape index (κ2) is 7.86. The number of rotatable bonds is 6. The van der Waals surface area contributed by atoms with Crippen molar-refractivity contribution in [3.63, 3.8) is 0 Å². The molecule has 2 N–H and O–H groups in total. The molecule has 1 saturated heterocycles. The van der Waals surface area contributed by atoms with Gasteiger partial charge in [0.05, 0.1) is 13.7 Å². The first-order valence-corrected chi connectivity index (χ1v) is 10.0. The van der Waals surface area contributed by atoms with Crippen LogP contribution < -0.4 is 15.4 Å². The van der Waals surface area contributed by atoms with Crippen LogP contribution in [0.2, 0.25) is 0 Å². The summed E-state index contributed by atoms with van der Waals surface area (Å²) < 4.78 is 5.35. The number of carbonyl (C=O) groups is 4. The highest BCUT2D eigenvalue weighted by atomic mass is 16.5. The van der Waals surface area contributed by atoms with E-state index >= 15 is 0 Å². The summed E-state index contributed by atoms with van der Waals surface area (Å²) in [7, 11) is 1.55. The molecular weight excluding hydrogens is 398 g/mol. The number of nitrogens with one attached hydrogen (secondary N) is 2. The topological polar surface area (TPSA) is 105 Å². The maximum atomic E-state index is 13.1. The van der Waals surface area contributed by atoms with Crippen molar-refractivity contribution in [2.24, 2.45) is 0 Å². The molecule has 0 spiro atoms. The van der Waals surface area contributed by atoms with E-state index in [4.69, 9.17) is 4.74 Å². The number of carbonyl (C=O) groups excluding carboxylic acids is 4. The molecule has 2 aliphatic heterocycles. The van der Waals surface area contributed by atoms with Gasteiger partial charge in [0, 0.05) is 24.1 Å². The van der Waals surface area contributed by atoms with Gasteiger partial charge >= 0.3 is 6.03 Å². The number of anilines is 1. The molecule has 4 amide bonds. The molecule has 2 heterocycles. The van der Waals surface area contributed by atoms with Gasteiger partial charge in [0.15, 0.2) is 5.78 Å². The van der Waals surface area contributed by atoms with Crippen LogP contribution in [0.5, 0.6) is 5.75 Å². The molecule has 1 fully saturated rings. The van der Waals surface area contributed by atoms with E-state index in [9.17, 15) is 19.2 Å². The van der Waals surface area contributed by atoms with Crippen molar-refractivity contribution in [3.05, 3.63) is 59.2 Å². The van der Waals surface area contributed by atoms with Crippen LogP contribution >= 0.6 is 0 Å². The number of methoxy groups -OCH3 is 1. The molecule has 0 aliphatic carbocycles. The highest BCUT2D eigenvalue weighted by Crippen LogP contribution is 2.28. The number of urea groups is 1. The van der Waals surface area contributed by atoms with Gasteiger partial charge in [-0.2, -0.15) is 0 Å². The number of fused-ring (bicyclic) bond motifs is 1.